The van der Waals surface area contributed by atoms with E-state index in [-0.39, 0.29) is 0 Å². The van der Waals surface area contributed by atoms with Crippen molar-refractivity contribution >= 4 is 21.6 Å². The summed E-state index contributed by atoms with van der Waals surface area (Å²) >= 11 is 3.58. The van der Waals surface area contributed by atoms with Crippen molar-refractivity contribution in [3.05, 3.63) is 27.7 Å². The van der Waals surface area contributed by atoms with Crippen LogP contribution in [0.4, 0.5) is 5.69 Å². The first-order valence-electron chi connectivity index (χ1n) is 6.74. The summed E-state index contributed by atoms with van der Waals surface area (Å²) in [5.74, 6) is 0.684. The van der Waals surface area contributed by atoms with Crippen LogP contribution in [0, 0.1) is 19.8 Å². The molecule has 0 aromatic heterocycles. The number of nitrogens with zero attached hydrogens (tertiary/aromatic N) is 1. The number of benzene rings is 1. The van der Waals surface area contributed by atoms with E-state index in [0.29, 0.717) is 12.0 Å². The predicted molar refractivity (Wildman–Crippen MR) is 82.5 cm³/mol. The molecule has 1 aromatic carbocycles. The Morgan fingerprint density at radius 3 is 2.44 bits per heavy atom. The van der Waals surface area contributed by atoms with E-state index in [4.69, 9.17) is 0 Å². The van der Waals surface area contributed by atoms with Crippen LogP contribution in [0.1, 0.15) is 25.0 Å². The highest BCUT2D eigenvalue weighted by molar-refractivity contribution is 9.10. The van der Waals surface area contributed by atoms with Crippen molar-refractivity contribution in [3.8, 4) is 0 Å². The third-order valence-electron chi connectivity index (χ3n) is 3.78. The van der Waals surface area contributed by atoms with Crippen LogP contribution in [0.2, 0.25) is 0 Å². The summed E-state index contributed by atoms with van der Waals surface area (Å²) in [5, 5.41) is 3.62. The first-order chi connectivity index (χ1) is 8.49. The van der Waals surface area contributed by atoms with Gasteiger partial charge in [-0.2, -0.15) is 0 Å². The van der Waals surface area contributed by atoms with Crippen LogP contribution in [0.15, 0.2) is 16.6 Å². The highest BCUT2D eigenvalue weighted by Gasteiger charge is 2.23. The van der Waals surface area contributed by atoms with Gasteiger partial charge in [-0.3, -0.25) is 0 Å². The minimum absolute atomic E-state index is 0.598. The molecule has 0 amide bonds. The zero-order chi connectivity index (χ0) is 13.3. The highest BCUT2D eigenvalue weighted by atomic mass is 79.9. The topological polar surface area (TPSA) is 15.3 Å². The number of hydrogen-bond acceptors (Lipinski definition) is 2. The molecule has 18 heavy (non-hydrogen) atoms. The lowest BCUT2D eigenvalue weighted by Gasteiger charge is -2.38. The third-order valence-corrected chi connectivity index (χ3v) is 4.24. The molecule has 1 N–H and O–H groups in total. The van der Waals surface area contributed by atoms with Crippen molar-refractivity contribution in [2.45, 2.75) is 33.7 Å². The van der Waals surface area contributed by atoms with E-state index in [2.05, 4.69) is 66.0 Å². The van der Waals surface area contributed by atoms with Crippen molar-refractivity contribution in [1.82, 2.24) is 5.32 Å². The quantitative estimate of drug-likeness (QED) is 0.899. The first-order valence-corrected chi connectivity index (χ1v) is 7.53. The summed E-state index contributed by atoms with van der Waals surface area (Å²) in [7, 11) is 0. The Kier molecular flexibility index (Phi) is 4.33. The molecule has 100 valence electrons. The molecule has 1 unspecified atom stereocenters. The molecule has 1 atom stereocenters. The third kappa shape index (κ3) is 2.89. The van der Waals surface area contributed by atoms with Crippen LogP contribution in [-0.2, 0) is 0 Å². The first kappa shape index (κ1) is 13.9. The molecular weight excluding hydrogens is 288 g/mol. The van der Waals surface area contributed by atoms with Crippen LogP contribution >= 0.6 is 15.9 Å². The Bertz CT molecular complexity index is 405. The maximum atomic E-state index is 3.62. The van der Waals surface area contributed by atoms with E-state index < -0.39 is 0 Å². The monoisotopic (exact) mass is 310 g/mol. The molecule has 1 fully saturated rings. The van der Waals surface area contributed by atoms with E-state index in [9.17, 15) is 0 Å². The van der Waals surface area contributed by atoms with Gasteiger partial charge in [0, 0.05) is 35.8 Å². The lowest BCUT2D eigenvalue weighted by Crippen LogP contribution is -2.53. The molecular formula is C15H23BrN2. The van der Waals surface area contributed by atoms with Gasteiger partial charge >= 0.3 is 0 Å². The van der Waals surface area contributed by atoms with Gasteiger partial charge in [-0.15, -0.1) is 0 Å². The van der Waals surface area contributed by atoms with Crippen LogP contribution < -0.4 is 10.2 Å². The second-order valence-corrected chi connectivity index (χ2v) is 6.55. The molecule has 0 saturated carbocycles. The maximum Gasteiger partial charge on any atom is 0.0427 e. The van der Waals surface area contributed by atoms with E-state index in [1.54, 1.807) is 0 Å². The Morgan fingerprint density at radius 1 is 1.28 bits per heavy atom. The van der Waals surface area contributed by atoms with Crippen LogP contribution in [-0.4, -0.2) is 25.7 Å². The van der Waals surface area contributed by atoms with Gasteiger partial charge in [0.05, 0.1) is 0 Å². The normalized spacial score (nSPS) is 20.6. The maximum absolute atomic E-state index is 3.62. The molecule has 1 saturated heterocycles. The van der Waals surface area contributed by atoms with Crippen molar-refractivity contribution in [2.75, 3.05) is 24.5 Å². The average molecular weight is 311 g/mol. The smallest absolute Gasteiger partial charge is 0.0427 e. The fraction of sp³-hybridized carbons (Fsp3) is 0.600. The number of anilines is 1. The Morgan fingerprint density at radius 2 is 1.89 bits per heavy atom. The number of hydrogen-bond donors (Lipinski definition) is 1. The summed E-state index contributed by atoms with van der Waals surface area (Å²) < 4.78 is 1.18. The zero-order valence-corrected chi connectivity index (χ0v) is 13.3. The summed E-state index contributed by atoms with van der Waals surface area (Å²) in [4.78, 5) is 2.54. The van der Waals surface area contributed by atoms with E-state index in [0.717, 1.165) is 19.6 Å². The summed E-state index contributed by atoms with van der Waals surface area (Å²) in [6, 6.07) is 5.03. The van der Waals surface area contributed by atoms with Gasteiger partial charge in [-0.25, -0.2) is 0 Å². The SMILES string of the molecule is Cc1cc(Br)cc(C)c1N1CCNC(C(C)C)C1. The fourth-order valence-corrected chi connectivity index (χ4v) is 3.52. The summed E-state index contributed by atoms with van der Waals surface area (Å²) in [6.45, 7) is 12.3. The molecule has 2 rings (SSSR count). The Hall–Kier alpha value is -0.540. The van der Waals surface area contributed by atoms with Gasteiger partial charge < -0.3 is 10.2 Å². The lowest BCUT2D eigenvalue weighted by molar-refractivity contribution is 0.368. The number of halogens is 1. The highest BCUT2D eigenvalue weighted by Crippen LogP contribution is 2.29. The standard InChI is InChI=1S/C15H23BrN2/c1-10(2)14-9-18(6-5-17-14)15-11(3)7-13(16)8-12(15)4/h7-8,10,14,17H,5-6,9H2,1-4H3. The van der Waals surface area contributed by atoms with E-state index in [1.165, 1.54) is 21.3 Å². The molecule has 0 spiro atoms. The second-order valence-electron chi connectivity index (χ2n) is 5.64. The molecule has 2 nitrogen and oxygen atoms in total. The Balaban J connectivity index is 2.26. The van der Waals surface area contributed by atoms with Gasteiger partial charge in [0.1, 0.15) is 0 Å². The molecule has 1 heterocycles. The van der Waals surface area contributed by atoms with E-state index >= 15 is 0 Å². The van der Waals surface area contributed by atoms with Gasteiger partial charge in [0.25, 0.3) is 0 Å². The molecule has 0 radical (unpaired) electrons. The van der Waals surface area contributed by atoms with Crippen LogP contribution in [0.5, 0.6) is 0 Å². The van der Waals surface area contributed by atoms with Gasteiger partial charge in [0.15, 0.2) is 0 Å². The van der Waals surface area contributed by atoms with Gasteiger partial charge in [0.2, 0.25) is 0 Å². The number of nitrogens with one attached hydrogen (secondary N) is 1. The molecule has 1 aromatic rings. The second kappa shape index (κ2) is 5.62. The predicted octanol–water partition coefficient (Wildman–Crippen LogP) is 3.50. The molecule has 1 aliphatic rings. The molecule has 0 bridgehead atoms. The average Bonchev–Trinajstić information content (AvgIpc) is 2.28. The molecule has 1 aliphatic heterocycles. The largest absolute Gasteiger partial charge is 0.368 e. The van der Waals surface area contributed by atoms with Crippen molar-refractivity contribution in [3.63, 3.8) is 0 Å². The van der Waals surface area contributed by atoms with Crippen LogP contribution in [0.3, 0.4) is 0 Å². The molecule has 3 heteroatoms. The fourth-order valence-electron chi connectivity index (χ4n) is 2.83. The zero-order valence-electron chi connectivity index (χ0n) is 11.8. The van der Waals surface area contributed by atoms with Gasteiger partial charge in [-0.1, -0.05) is 29.8 Å². The van der Waals surface area contributed by atoms with Crippen molar-refractivity contribution in [1.29, 1.82) is 0 Å². The van der Waals surface area contributed by atoms with Crippen molar-refractivity contribution in [2.24, 2.45) is 5.92 Å². The number of aryl methyl sites for hydroxylation is 2. The summed E-state index contributed by atoms with van der Waals surface area (Å²) in [6.07, 6.45) is 0. The number of piperazine rings is 1. The van der Waals surface area contributed by atoms with Crippen LogP contribution in [0.25, 0.3) is 0 Å². The minimum atomic E-state index is 0.598. The summed E-state index contributed by atoms with van der Waals surface area (Å²) in [5.41, 5.74) is 4.16. The van der Waals surface area contributed by atoms with E-state index in [1.807, 2.05) is 0 Å². The minimum Gasteiger partial charge on any atom is -0.368 e. The lowest BCUT2D eigenvalue weighted by atomic mass is 10.00. The van der Waals surface area contributed by atoms with Gasteiger partial charge in [-0.05, 0) is 43.0 Å². The molecule has 0 aliphatic carbocycles. The Labute approximate surface area is 119 Å². The van der Waals surface area contributed by atoms with Crippen molar-refractivity contribution < 1.29 is 0 Å². The number of rotatable bonds is 2.